The Morgan fingerprint density at radius 1 is 1.15 bits per heavy atom. The van der Waals surface area contributed by atoms with Gasteiger partial charge in [0.2, 0.25) is 0 Å². The normalized spacial score (nSPS) is 24.7. The molecule has 0 atom stereocenters. The van der Waals surface area contributed by atoms with E-state index in [1.54, 1.807) is 4.90 Å². The second-order valence-corrected chi connectivity index (χ2v) is 6.74. The van der Waals surface area contributed by atoms with E-state index in [-0.39, 0.29) is 6.03 Å². The zero-order valence-corrected chi connectivity index (χ0v) is 13.5. The minimum atomic E-state index is 0.157. The monoisotopic (exact) mass is 282 g/mol. The minimum Gasteiger partial charge on any atom is -0.331 e. The number of rotatable bonds is 2. The highest BCUT2D eigenvalue weighted by Crippen LogP contribution is 2.26. The molecule has 0 bridgehead atoms. The van der Waals surface area contributed by atoms with Crippen LogP contribution >= 0.6 is 0 Å². The average molecular weight is 282 g/mol. The van der Waals surface area contributed by atoms with Crippen LogP contribution in [0.4, 0.5) is 4.79 Å². The summed E-state index contributed by atoms with van der Waals surface area (Å²) in [6.07, 6.45) is 4.69. The van der Waals surface area contributed by atoms with Crippen LogP contribution in [0.2, 0.25) is 0 Å². The van der Waals surface area contributed by atoms with Gasteiger partial charge in [0, 0.05) is 51.9 Å². The van der Waals surface area contributed by atoms with E-state index in [4.69, 9.17) is 0 Å². The topological polar surface area (TPSA) is 38.8 Å². The molecule has 0 spiro atoms. The van der Waals surface area contributed by atoms with Crippen molar-refractivity contribution in [2.75, 3.05) is 47.3 Å². The molecule has 5 nitrogen and oxygen atoms in total. The molecule has 2 rings (SSSR count). The Kier molecular flexibility index (Phi) is 4.91. The van der Waals surface area contributed by atoms with Gasteiger partial charge >= 0.3 is 6.03 Å². The van der Waals surface area contributed by atoms with Gasteiger partial charge < -0.3 is 20.0 Å². The van der Waals surface area contributed by atoms with Crippen molar-refractivity contribution in [3.05, 3.63) is 0 Å². The van der Waals surface area contributed by atoms with Gasteiger partial charge in [-0.15, -0.1) is 0 Å². The molecule has 2 saturated heterocycles. The van der Waals surface area contributed by atoms with Gasteiger partial charge in [0.1, 0.15) is 0 Å². The first-order valence-electron chi connectivity index (χ1n) is 7.84. The van der Waals surface area contributed by atoms with E-state index in [2.05, 4.69) is 24.2 Å². The van der Waals surface area contributed by atoms with Gasteiger partial charge in [0.05, 0.1) is 0 Å². The molecule has 0 aromatic heterocycles. The van der Waals surface area contributed by atoms with E-state index in [0.717, 1.165) is 25.9 Å². The number of hydrogen-bond donors (Lipinski definition) is 1. The maximum Gasteiger partial charge on any atom is 0.319 e. The fraction of sp³-hybridized carbons (Fsp3) is 0.933. The Labute approximate surface area is 123 Å². The Morgan fingerprint density at radius 3 is 2.15 bits per heavy atom. The van der Waals surface area contributed by atoms with Crippen LogP contribution in [-0.4, -0.2) is 79.6 Å². The highest BCUT2D eigenvalue weighted by molar-refractivity contribution is 5.73. The van der Waals surface area contributed by atoms with Gasteiger partial charge in [-0.1, -0.05) is 0 Å². The molecule has 5 heteroatoms. The lowest BCUT2D eigenvalue weighted by Gasteiger charge is -2.45. The molecule has 116 valence electrons. The second kappa shape index (κ2) is 6.31. The van der Waals surface area contributed by atoms with Crippen LogP contribution in [-0.2, 0) is 0 Å². The smallest absolute Gasteiger partial charge is 0.319 e. The first-order valence-corrected chi connectivity index (χ1v) is 7.84. The number of urea groups is 1. The molecule has 2 heterocycles. The van der Waals surface area contributed by atoms with Crippen molar-refractivity contribution in [2.24, 2.45) is 0 Å². The number of hydrogen-bond acceptors (Lipinski definition) is 3. The maximum atomic E-state index is 11.9. The van der Waals surface area contributed by atoms with Gasteiger partial charge in [-0.25, -0.2) is 4.79 Å². The van der Waals surface area contributed by atoms with Gasteiger partial charge in [0.25, 0.3) is 0 Å². The fourth-order valence-electron chi connectivity index (χ4n) is 3.34. The molecule has 2 fully saturated rings. The average Bonchev–Trinajstić information content (AvgIpc) is 2.47. The number of nitrogens with one attached hydrogen (secondary N) is 1. The van der Waals surface area contributed by atoms with Crippen molar-refractivity contribution in [3.63, 3.8) is 0 Å². The van der Waals surface area contributed by atoms with E-state index >= 15 is 0 Å². The molecule has 0 aliphatic carbocycles. The molecule has 0 aromatic carbocycles. The number of nitrogens with zero attached hydrogens (tertiary/aromatic N) is 3. The van der Waals surface area contributed by atoms with E-state index in [0.29, 0.717) is 11.6 Å². The van der Waals surface area contributed by atoms with Gasteiger partial charge in [-0.3, -0.25) is 0 Å². The van der Waals surface area contributed by atoms with E-state index in [1.807, 2.05) is 19.0 Å². The largest absolute Gasteiger partial charge is 0.331 e. The van der Waals surface area contributed by atoms with Crippen LogP contribution < -0.4 is 5.32 Å². The molecular formula is C15H30N4O. The molecule has 2 aliphatic heterocycles. The number of likely N-dealkylation sites (tertiary alicyclic amines) is 2. The van der Waals surface area contributed by atoms with Gasteiger partial charge in [-0.2, -0.15) is 0 Å². The van der Waals surface area contributed by atoms with Crippen LogP contribution in [0.15, 0.2) is 0 Å². The van der Waals surface area contributed by atoms with Crippen LogP contribution in [0.3, 0.4) is 0 Å². The zero-order chi connectivity index (χ0) is 14.8. The Bertz CT molecular complexity index is 329. The number of amides is 2. The Balaban J connectivity index is 1.79. The number of piperidine rings is 2. The summed E-state index contributed by atoms with van der Waals surface area (Å²) in [6, 6.07) is 0.826. The molecule has 20 heavy (non-hydrogen) atoms. The standard InChI is InChI=1S/C15H30N4O/c1-15(16-2)7-11-18(12-8-15)13-5-9-19(10-6-13)14(20)17(3)4/h13,16H,5-12H2,1-4H3. The SMILES string of the molecule is CNC1(C)CCN(C2CCN(C(=O)N(C)C)CC2)CC1. The summed E-state index contributed by atoms with van der Waals surface area (Å²) >= 11 is 0. The predicted molar refractivity (Wildman–Crippen MR) is 81.9 cm³/mol. The summed E-state index contributed by atoms with van der Waals surface area (Å²) < 4.78 is 0. The third kappa shape index (κ3) is 3.44. The van der Waals surface area contributed by atoms with Crippen LogP contribution in [0, 0.1) is 0 Å². The molecule has 0 radical (unpaired) electrons. The first-order chi connectivity index (χ1) is 9.45. The zero-order valence-electron chi connectivity index (χ0n) is 13.5. The van der Waals surface area contributed by atoms with Crippen molar-refractivity contribution >= 4 is 6.03 Å². The predicted octanol–water partition coefficient (Wildman–Crippen LogP) is 1.21. The maximum absolute atomic E-state index is 11.9. The molecule has 0 saturated carbocycles. The highest BCUT2D eigenvalue weighted by Gasteiger charge is 2.33. The van der Waals surface area contributed by atoms with Crippen molar-refractivity contribution in [1.82, 2.24) is 20.0 Å². The van der Waals surface area contributed by atoms with Crippen LogP contribution in [0.1, 0.15) is 32.6 Å². The quantitative estimate of drug-likeness (QED) is 0.827. The molecule has 0 aromatic rings. The summed E-state index contributed by atoms with van der Waals surface area (Å²) in [4.78, 5) is 18.2. The molecule has 0 unspecified atom stereocenters. The van der Waals surface area contributed by atoms with Crippen molar-refractivity contribution in [2.45, 2.75) is 44.2 Å². The fourth-order valence-corrected chi connectivity index (χ4v) is 3.34. The lowest BCUT2D eigenvalue weighted by Crippen LogP contribution is -2.55. The number of carbonyl (C=O) groups is 1. The summed E-state index contributed by atoms with van der Waals surface area (Å²) in [5.41, 5.74) is 0.318. The summed E-state index contributed by atoms with van der Waals surface area (Å²) in [5, 5.41) is 3.45. The number of carbonyl (C=O) groups excluding carboxylic acids is 1. The van der Waals surface area contributed by atoms with Crippen LogP contribution in [0.5, 0.6) is 0 Å². The highest BCUT2D eigenvalue weighted by atomic mass is 16.2. The third-order valence-electron chi connectivity index (χ3n) is 5.14. The van der Waals surface area contributed by atoms with Gasteiger partial charge in [-0.05, 0) is 39.7 Å². The lowest BCUT2D eigenvalue weighted by atomic mass is 9.88. The van der Waals surface area contributed by atoms with Crippen molar-refractivity contribution in [3.8, 4) is 0 Å². The van der Waals surface area contributed by atoms with E-state index in [1.165, 1.54) is 25.9 Å². The summed E-state index contributed by atoms with van der Waals surface area (Å²) in [5.74, 6) is 0. The molecule has 1 N–H and O–H groups in total. The molecular weight excluding hydrogens is 252 g/mol. The lowest BCUT2D eigenvalue weighted by molar-refractivity contribution is 0.0700. The Hall–Kier alpha value is -0.810. The first kappa shape index (κ1) is 15.6. The minimum absolute atomic E-state index is 0.157. The van der Waals surface area contributed by atoms with Crippen LogP contribution in [0.25, 0.3) is 0 Å². The third-order valence-corrected chi connectivity index (χ3v) is 5.14. The molecule has 2 amide bonds. The van der Waals surface area contributed by atoms with Crippen molar-refractivity contribution in [1.29, 1.82) is 0 Å². The molecule has 2 aliphatic rings. The van der Waals surface area contributed by atoms with Crippen molar-refractivity contribution < 1.29 is 4.79 Å². The second-order valence-electron chi connectivity index (χ2n) is 6.74. The van der Waals surface area contributed by atoms with Gasteiger partial charge in [0.15, 0.2) is 0 Å². The summed E-state index contributed by atoms with van der Waals surface area (Å²) in [6.45, 7) is 6.50. The Morgan fingerprint density at radius 2 is 1.70 bits per heavy atom. The van der Waals surface area contributed by atoms with E-state index < -0.39 is 0 Å². The summed E-state index contributed by atoms with van der Waals surface area (Å²) in [7, 11) is 5.73. The van der Waals surface area contributed by atoms with E-state index in [9.17, 15) is 4.79 Å².